The van der Waals surface area contributed by atoms with E-state index >= 15 is 0 Å². The maximum Gasteiger partial charge on any atom is 0.311 e. The molecule has 2 aromatic heterocycles. The van der Waals surface area contributed by atoms with E-state index in [1.165, 1.54) is 16.9 Å². The Balaban J connectivity index is 1.66. The molecular weight excluding hydrogens is 276 g/mol. The molecule has 7 heteroatoms. The van der Waals surface area contributed by atoms with E-state index in [9.17, 15) is 9.90 Å². The second kappa shape index (κ2) is 4.12. The molecule has 0 saturated heterocycles. The third-order valence-electron chi connectivity index (χ3n) is 4.26. The zero-order valence-corrected chi connectivity index (χ0v) is 11.7. The Hall–Kier alpha value is -1.76. The van der Waals surface area contributed by atoms with Crippen LogP contribution in [0.1, 0.15) is 29.7 Å². The zero-order valence-electron chi connectivity index (χ0n) is 10.9. The molecule has 0 unspecified atom stereocenters. The lowest BCUT2D eigenvalue weighted by Gasteiger charge is -2.09. The van der Waals surface area contributed by atoms with Crippen LogP contribution in [0.3, 0.4) is 0 Å². The second-order valence-electron chi connectivity index (χ2n) is 5.66. The van der Waals surface area contributed by atoms with Crippen LogP contribution in [-0.2, 0) is 24.2 Å². The van der Waals surface area contributed by atoms with Crippen LogP contribution < -0.4 is 0 Å². The fourth-order valence-electron chi connectivity index (χ4n) is 2.80. The molecule has 0 atom stereocenters. The molecule has 2 aromatic rings. The lowest BCUT2D eigenvalue weighted by atomic mass is 10.1. The summed E-state index contributed by atoms with van der Waals surface area (Å²) in [5.41, 5.74) is 0.753. The third-order valence-corrected chi connectivity index (χ3v) is 5.49. The summed E-state index contributed by atoms with van der Waals surface area (Å²) in [6.45, 7) is 0.368. The lowest BCUT2D eigenvalue weighted by Crippen LogP contribution is -2.22. The van der Waals surface area contributed by atoms with Gasteiger partial charge in [0.05, 0.1) is 16.8 Å². The number of carbonyl (C=O) groups is 1. The van der Waals surface area contributed by atoms with Gasteiger partial charge in [-0.15, -0.1) is 16.4 Å². The van der Waals surface area contributed by atoms with Gasteiger partial charge in [-0.3, -0.25) is 4.79 Å². The van der Waals surface area contributed by atoms with Crippen LogP contribution in [0.4, 0.5) is 0 Å². The van der Waals surface area contributed by atoms with Gasteiger partial charge in [-0.25, -0.2) is 4.68 Å². The number of hydrogen-bond acceptors (Lipinski definition) is 5. The van der Waals surface area contributed by atoms with E-state index in [0.29, 0.717) is 25.2 Å². The second-order valence-corrected chi connectivity index (χ2v) is 6.79. The molecule has 20 heavy (non-hydrogen) atoms. The molecule has 0 radical (unpaired) electrons. The molecule has 4 rings (SSSR count). The van der Waals surface area contributed by atoms with Crippen molar-refractivity contribution >= 4 is 17.3 Å². The SMILES string of the molecule is O=C(O)C1(Cn2nnnc2-c2cc3c(s2)CCC3)CC1. The predicted octanol–water partition coefficient (Wildman–Crippen LogP) is 1.76. The quantitative estimate of drug-likeness (QED) is 0.928. The summed E-state index contributed by atoms with van der Waals surface area (Å²) in [5.74, 6) is -0.0375. The topological polar surface area (TPSA) is 80.9 Å². The first kappa shape index (κ1) is 12.0. The van der Waals surface area contributed by atoms with Crippen molar-refractivity contribution in [1.82, 2.24) is 20.2 Å². The number of tetrazole rings is 1. The Kier molecular flexibility index (Phi) is 2.47. The van der Waals surface area contributed by atoms with E-state index in [2.05, 4.69) is 21.6 Å². The fraction of sp³-hybridized carbons (Fsp3) is 0.538. The van der Waals surface area contributed by atoms with Crippen molar-refractivity contribution in [2.24, 2.45) is 5.41 Å². The number of aromatic nitrogens is 4. The van der Waals surface area contributed by atoms with Crippen LogP contribution in [-0.4, -0.2) is 31.3 Å². The van der Waals surface area contributed by atoms with E-state index in [1.54, 1.807) is 16.0 Å². The molecule has 1 N–H and O–H groups in total. The number of aryl methyl sites for hydroxylation is 2. The monoisotopic (exact) mass is 290 g/mol. The molecule has 0 spiro atoms. The van der Waals surface area contributed by atoms with Crippen molar-refractivity contribution in [2.45, 2.75) is 38.6 Å². The summed E-state index contributed by atoms with van der Waals surface area (Å²) in [4.78, 5) is 13.8. The molecular formula is C13H14N4O2S. The van der Waals surface area contributed by atoms with E-state index in [1.807, 2.05) is 0 Å². The van der Waals surface area contributed by atoms with Gasteiger partial charge in [-0.2, -0.15) is 0 Å². The number of nitrogens with zero attached hydrogens (tertiary/aromatic N) is 4. The predicted molar refractivity (Wildman–Crippen MR) is 72.5 cm³/mol. The highest BCUT2D eigenvalue weighted by Gasteiger charge is 2.51. The fourth-order valence-corrected chi connectivity index (χ4v) is 4.05. The summed E-state index contributed by atoms with van der Waals surface area (Å²) in [6.07, 6.45) is 4.92. The largest absolute Gasteiger partial charge is 0.481 e. The number of aliphatic carboxylic acids is 1. The van der Waals surface area contributed by atoms with E-state index in [4.69, 9.17) is 0 Å². The van der Waals surface area contributed by atoms with E-state index < -0.39 is 11.4 Å². The Morgan fingerprint density at radius 3 is 3.00 bits per heavy atom. The number of carboxylic acids is 1. The smallest absolute Gasteiger partial charge is 0.311 e. The van der Waals surface area contributed by atoms with Crippen molar-refractivity contribution in [3.8, 4) is 10.7 Å². The van der Waals surface area contributed by atoms with Crippen LogP contribution in [0.25, 0.3) is 10.7 Å². The van der Waals surface area contributed by atoms with Crippen molar-refractivity contribution in [3.63, 3.8) is 0 Å². The average molecular weight is 290 g/mol. The summed E-state index contributed by atoms with van der Waals surface area (Å²) in [7, 11) is 0. The number of hydrogen-bond donors (Lipinski definition) is 1. The Morgan fingerprint density at radius 1 is 1.45 bits per heavy atom. The molecule has 0 aliphatic heterocycles. The van der Waals surface area contributed by atoms with Crippen LogP contribution in [0.2, 0.25) is 0 Å². The zero-order chi connectivity index (χ0) is 13.7. The van der Waals surface area contributed by atoms with Gasteiger partial charge in [0.1, 0.15) is 0 Å². The molecule has 2 aliphatic rings. The average Bonchev–Trinajstić information content (AvgIpc) is 2.76. The Bertz CT molecular complexity index is 665. The van der Waals surface area contributed by atoms with E-state index in [0.717, 1.165) is 17.7 Å². The minimum absolute atomic E-state index is 0.368. The number of thiophene rings is 1. The van der Waals surface area contributed by atoms with Gasteiger partial charge in [0, 0.05) is 4.88 Å². The maximum atomic E-state index is 11.3. The van der Waals surface area contributed by atoms with Gasteiger partial charge < -0.3 is 5.11 Å². The van der Waals surface area contributed by atoms with Gasteiger partial charge in [-0.05, 0) is 54.2 Å². The summed E-state index contributed by atoms with van der Waals surface area (Å²) < 4.78 is 1.65. The molecule has 2 heterocycles. The molecule has 0 aromatic carbocycles. The maximum absolute atomic E-state index is 11.3. The van der Waals surface area contributed by atoms with Gasteiger partial charge in [0.25, 0.3) is 0 Å². The lowest BCUT2D eigenvalue weighted by molar-refractivity contribution is -0.144. The molecule has 1 fully saturated rings. The summed E-state index contributed by atoms with van der Waals surface area (Å²) >= 11 is 1.74. The van der Waals surface area contributed by atoms with Crippen LogP contribution in [0.5, 0.6) is 0 Å². The van der Waals surface area contributed by atoms with E-state index in [-0.39, 0.29) is 0 Å². The highest BCUT2D eigenvalue weighted by molar-refractivity contribution is 7.15. The summed E-state index contributed by atoms with van der Waals surface area (Å²) in [5, 5.41) is 21.1. The molecule has 2 aliphatic carbocycles. The molecule has 0 amide bonds. The van der Waals surface area contributed by atoms with Crippen molar-refractivity contribution in [1.29, 1.82) is 0 Å². The number of fused-ring (bicyclic) bond motifs is 1. The van der Waals surface area contributed by atoms with Crippen LogP contribution in [0.15, 0.2) is 6.07 Å². The first-order valence-corrected chi connectivity index (χ1v) is 7.61. The standard InChI is InChI=1S/C13H14N4O2S/c18-12(19)13(4-5-13)7-17-11(14-15-16-17)10-6-8-2-1-3-9(8)20-10/h6H,1-5,7H2,(H,18,19). The minimum atomic E-state index is -0.743. The molecule has 0 bridgehead atoms. The van der Waals surface area contributed by atoms with Crippen molar-refractivity contribution in [3.05, 3.63) is 16.5 Å². The first-order chi connectivity index (χ1) is 9.68. The summed E-state index contributed by atoms with van der Waals surface area (Å²) in [6, 6.07) is 2.16. The third kappa shape index (κ3) is 1.76. The Labute approximate surface area is 119 Å². The van der Waals surface area contributed by atoms with Crippen LogP contribution >= 0.6 is 11.3 Å². The minimum Gasteiger partial charge on any atom is -0.481 e. The van der Waals surface area contributed by atoms with Crippen molar-refractivity contribution < 1.29 is 9.90 Å². The normalized spacial score (nSPS) is 19.0. The number of rotatable bonds is 4. The van der Waals surface area contributed by atoms with Crippen LogP contribution in [0, 0.1) is 5.41 Å². The highest BCUT2D eigenvalue weighted by atomic mass is 32.1. The molecule has 6 nitrogen and oxygen atoms in total. The van der Waals surface area contributed by atoms with Gasteiger partial charge in [-0.1, -0.05) is 0 Å². The van der Waals surface area contributed by atoms with Crippen molar-refractivity contribution in [2.75, 3.05) is 0 Å². The number of carboxylic acid groups (broad SMARTS) is 1. The van der Waals surface area contributed by atoms with Gasteiger partial charge in [0.2, 0.25) is 0 Å². The first-order valence-electron chi connectivity index (χ1n) is 6.79. The highest BCUT2D eigenvalue weighted by Crippen LogP contribution is 2.48. The Morgan fingerprint density at radius 2 is 2.30 bits per heavy atom. The van der Waals surface area contributed by atoms with Gasteiger partial charge in [0.15, 0.2) is 5.82 Å². The molecule has 1 saturated carbocycles. The van der Waals surface area contributed by atoms with Gasteiger partial charge >= 0.3 is 5.97 Å². The molecule has 104 valence electrons.